The second kappa shape index (κ2) is 3.03. The van der Waals surface area contributed by atoms with Crippen LogP contribution in [-0.2, 0) is 4.79 Å². The van der Waals surface area contributed by atoms with Crippen LogP contribution in [0.25, 0.3) is 0 Å². The molecule has 0 aliphatic heterocycles. The zero-order valence-electron chi connectivity index (χ0n) is 4.79. The fraction of sp³-hybridized carbons (Fsp3) is 0.500. The summed E-state index contributed by atoms with van der Waals surface area (Å²) in [6.07, 6.45) is 0. The summed E-state index contributed by atoms with van der Waals surface area (Å²) >= 11 is 0. The van der Waals surface area contributed by atoms with E-state index < -0.39 is 17.7 Å². The van der Waals surface area contributed by atoms with Crippen molar-refractivity contribution in [2.75, 3.05) is 6.54 Å². The predicted octanol–water partition coefficient (Wildman–Crippen LogP) is -1.42. The van der Waals surface area contributed by atoms with Gasteiger partial charge in [-0.25, -0.2) is 0 Å². The first kappa shape index (κ1) is 7.90. The maximum Gasteiger partial charge on any atom is 0.315 e. The van der Waals surface area contributed by atoms with Crippen molar-refractivity contribution >= 4 is 11.8 Å². The Labute approximate surface area is 52.2 Å². The van der Waals surface area contributed by atoms with E-state index in [0.717, 1.165) is 0 Å². The zero-order valence-corrected chi connectivity index (χ0v) is 4.79. The van der Waals surface area contributed by atoms with E-state index in [9.17, 15) is 4.79 Å². The quantitative estimate of drug-likeness (QED) is 0.278. The van der Waals surface area contributed by atoms with Crippen molar-refractivity contribution in [3.05, 3.63) is 0 Å². The summed E-state index contributed by atoms with van der Waals surface area (Å²) in [7, 11) is 0. The molecule has 0 saturated heterocycles. The molecular formula is C4H9N3O2. The smallest absolute Gasteiger partial charge is 0.315 e. The van der Waals surface area contributed by atoms with Gasteiger partial charge in [-0.2, -0.15) is 0 Å². The molecule has 0 fully saturated rings. The third kappa shape index (κ3) is 2.09. The highest BCUT2D eigenvalue weighted by molar-refractivity contribution is 5.97. The molecule has 0 aromatic carbocycles. The van der Waals surface area contributed by atoms with Crippen LogP contribution in [-0.4, -0.2) is 23.5 Å². The van der Waals surface area contributed by atoms with Gasteiger partial charge in [-0.1, -0.05) is 0 Å². The van der Waals surface area contributed by atoms with Crippen LogP contribution in [0.1, 0.15) is 0 Å². The molecule has 5 nitrogen and oxygen atoms in total. The summed E-state index contributed by atoms with van der Waals surface area (Å²) < 4.78 is 0. The number of hydrogen-bond acceptors (Lipinski definition) is 3. The van der Waals surface area contributed by atoms with Crippen LogP contribution < -0.4 is 11.5 Å². The molecule has 0 saturated carbocycles. The van der Waals surface area contributed by atoms with E-state index in [1.807, 2.05) is 0 Å². The van der Waals surface area contributed by atoms with E-state index in [4.69, 9.17) is 22.0 Å². The lowest BCUT2D eigenvalue weighted by Crippen LogP contribution is -2.35. The van der Waals surface area contributed by atoms with Crippen LogP contribution in [0.4, 0.5) is 0 Å². The SMILES string of the molecule is N=C(N)C(CN)C(=O)O. The number of hydrogen-bond donors (Lipinski definition) is 4. The highest BCUT2D eigenvalue weighted by atomic mass is 16.4. The fourth-order valence-electron chi connectivity index (χ4n) is 0.361. The summed E-state index contributed by atoms with van der Waals surface area (Å²) in [5.41, 5.74) is 9.84. The van der Waals surface area contributed by atoms with Crippen molar-refractivity contribution in [3.63, 3.8) is 0 Å². The van der Waals surface area contributed by atoms with Crippen molar-refractivity contribution in [1.82, 2.24) is 0 Å². The van der Waals surface area contributed by atoms with Gasteiger partial charge in [0.2, 0.25) is 0 Å². The van der Waals surface area contributed by atoms with Crippen molar-refractivity contribution in [1.29, 1.82) is 5.41 Å². The van der Waals surface area contributed by atoms with Gasteiger partial charge in [0, 0.05) is 6.54 Å². The van der Waals surface area contributed by atoms with Gasteiger partial charge in [-0.05, 0) is 0 Å². The normalized spacial score (nSPS) is 12.6. The molecule has 0 rings (SSSR count). The van der Waals surface area contributed by atoms with Gasteiger partial charge in [-0.15, -0.1) is 0 Å². The van der Waals surface area contributed by atoms with Crippen LogP contribution in [0.5, 0.6) is 0 Å². The Balaban J connectivity index is 3.99. The predicted molar refractivity (Wildman–Crippen MR) is 32.1 cm³/mol. The van der Waals surface area contributed by atoms with E-state index >= 15 is 0 Å². The van der Waals surface area contributed by atoms with Gasteiger partial charge in [-0.3, -0.25) is 10.2 Å². The topological polar surface area (TPSA) is 113 Å². The molecule has 52 valence electrons. The molecule has 0 heterocycles. The van der Waals surface area contributed by atoms with Gasteiger partial charge in [0.15, 0.2) is 0 Å². The Morgan fingerprint density at radius 3 is 2.22 bits per heavy atom. The second-order valence-electron chi connectivity index (χ2n) is 1.58. The average Bonchev–Trinajstić information content (AvgIpc) is 1.64. The van der Waals surface area contributed by atoms with E-state index in [1.165, 1.54) is 0 Å². The molecule has 0 aliphatic carbocycles. The van der Waals surface area contributed by atoms with Crippen LogP contribution in [0.3, 0.4) is 0 Å². The number of nitrogens with one attached hydrogen (secondary N) is 1. The minimum atomic E-state index is -1.15. The highest BCUT2D eigenvalue weighted by Gasteiger charge is 2.17. The first-order valence-electron chi connectivity index (χ1n) is 2.36. The summed E-state index contributed by atoms with van der Waals surface area (Å²) in [6.45, 7) is -0.120. The largest absolute Gasteiger partial charge is 0.481 e. The Morgan fingerprint density at radius 2 is 2.22 bits per heavy atom. The lowest BCUT2D eigenvalue weighted by molar-refractivity contribution is -0.139. The number of carboxylic acids is 1. The summed E-state index contributed by atoms with van der Waals surface area (Å²) in [6, 6.07) is 0. The zero-order chi connectivity index (χ0) is 7.44. The Hall–Kier alpha value is -1.10. The molecule has 0 aromatic rings. The number of nitrogens with two attached hydrogens (primary N) is 2. The Morgan fingerprint density at radius 1 is 1.78 bits per heavy atom. The molecular weight excluding hydrogens is 122 g/mol. The molecule has 0 aliphatic rings. The molecule has 1 unspecified atom stereocenters. The molecule has 6 N–H and O–H groups in total. The minimum absolute atomic E-state index is 0.120. The third-order valence-corrected chi connectivity index (χ3v) is 0.909. The standard InChI is InChI=1S/C4H9N3O2/c5-1-2(3(6)7)4(8)9/h2H,1,5H2,(H3,6,7)(H,8,9). The van der Waals surface area contributed by atoms with E-state index in [0.29, 0.717) is 0 Å². The van der Waals surface area contributed by atoms with Crippen molar-refractivity contribution < 1.29 is 9.90 Å². The molecule has 0 aromatic heterocycles. The third-order valence-electron chi connectivity index (χ3n) is 0.909. The van der Waals surface area contributed by atoms with Gasteiger partial charge < -0.3 is 16.6 Å². The summed E-state index contributed by atoms with van der Waals surface area (Å²) in [5.74, 6) is -2.57. The van der Waals surface area contributed by atoms with Crippen molar-refractivity contribution in [2.45, 2.75) is 0 Å². The van der Waals surface area contributed by atoms with Crippen LogP contribution >= 0.6 is 0 Å². The number of carbonyl (C=O) groups is 1. The van der Waals surface area contributed by atoms with Crippen LogP contribution in [0, 0.1) is 11.3 Å². The van der Waals surface area contributed by atoms with E-state index in [-0.39, 0.29) is 6.54 Å². The fourth-order valence-corrected chi connectivity index (χ4v) is 0.361. The monoisotopic (exact) mass is 131 g/mol. The highest BCUT2D eigenvalue weighted by Crippen LogP contribution is 1.90. The van der Waals surface area contributed by atoms with E-state index in [1.54, 1.807) is 0 Å². The first-order valence-corrected chi connectivity index (χ1v) is 2.36. The molecule has 0 spiro atoms. The number of carboxylic acid groups (broad SMARTS) is 1. The van der Waals surface area contributed by atoms with Crippen LogP contribution in [0.15, 0.2) is 0 Å². The molecule has 5 heteroatoms. The molecule has 0 radical (unpaired) electrons. The maximum atomic E-state index is 10.1. The summed E-state index contributed by atoms with van der Waals surface area (Å²) in [5, 5.41) is 14.9. The molecule has 0 amide bonds. The minimum Gasteiger partial charge on any atom is -0.481 e. The van der Waals surface area contributed by atoms with E-state index in [2.05, 4.69) is 0 Å². The van der Waals surface area contributed by atoms with Gasteiger partial charge >= 0.3 is 5.97 Å². The number of amidine groups is 1. The lowest BCUT2D eigenvalue weighted by Gasteiger charge is -2.04. The van der Waals surface area contributed by atoms with Crippen LogP contribution in [0.2, 0.25) is 0 Å². The first-order chi connectivity index (χ1) is 4.09. The summed E-state index contributed by atoms with van der Waals surface area (Å²) in [4.78, 5) is 10.1. The Kier molecular flexibility index (Phi) is 2.66. The van der Waals surface area contributed by atoms with Gasteiger partial charge in [0.1, 0.15) is 11.8 Å². The Bertz CT molecular complexity index is 120. The van der Waals surface area contributed by atoms with Gasteiger partial charge in [0.25, 0.3) is 0 Å². The number of rotatable bonds is 3. The molecule has 1 atom stereocenters. The van der Waals surface area contributed by atoms with Gasteiger partial charge in [0.05, 0.1) is 0 Å². The maximum absolute atomic E-state index is 10.1. The molecule has 0 bridgehead atoms. The number of aliphatic carboxylic acids is 1. The van der Waals surface area contributed by atoms with Crippen molar-refractivity contribution in [3.8, 4) is 0 Å². The second-order valence-corrected chi connectivity index (χ2v) is 1.58. The average molecular weight is 131 g/mol. The van der Waals surface area contributed by atoms with Crippen molar-refractivity contribution in [2.24, 2.45) is 17.4 Å². The lowest BCUT2D eigenvalue weighted by atomic mass is 10.1. The molecule has 9 heavy (non-hydrogen) atoms.